The van der Waals surface area contributed by atoms with Crippen LogP contribution in [0.1, 0.15) is 28.8 Å². The Labute approximate surface area is 144 Å². The lowest BCUT2D eigenvalue weighted by molar-refractivity contribution is -0.139. The van der Waals surface area contributed by atoms with E-state index in [0.29, 0.717) is 11.1 Å². The molecule has 0 fully saturated rings. The van der Waals surface area contributed by atoms with Gasteiger partial charge in [-0.1, -0.05) is 42.5 Å². The standard InChI is InChI=1S/C18H17N3O4/c1-11(22)13-8-5-9-14(10-13)20-18(25)16(23)15(17(24)21-19)12-6-3-2-4-7-12/h2-10,15H,19H2,1H3,(H,20,25)(H,21,24)/t15-/m0/s1. The second kappa shape index (κ2) is 7.98. The molecule has 25 heavy (non-hydrogen) atoms. The fourth-order valence-corrected chi connectivity index (χ4v) is 2.29. The first-order valence-electron chi connectivity index (χ1n) is 7.45. The SMILES string of the molecule is CC(=O)c1cccc(NC(=O)C(=O)[C@@H](C(=O)NN)c2ccccc2)c1. The summed E-state index contributed by atoms with van der Waals surface area (Å²) in [6.45, 7) is 1.39. The van der Waals surface area contributed by atoms with Crippen molar-refractivity contribution in [2.75, 3.05) is 5.32 Å². The van der Waals surface area contributed by atoms with Crippen LogP contribution in [0, 0.1) is 0 Å². The van der Waals surface area contributed by atoms with Crippen LogP contribution in [0.2, 0.25) is 0 Å². The first kappa shape index (κ1) is 18.0. The van der Waals surface area contributed by atoms with Crippen LogP contribution in [0.4, 0.5) is 5.69 Å². The van der Waals surface area contributed by atoms with Crippen LogP contribution < -0.4 is 16.6 Å². The van der Waals surface area contributed by atoms with Crippen LogP contribution in [0.5, 0.6) is 0 Å². The smallest absolute Gasteiger partial charge is 0.292 e. The fraction of sp³-hybridized carbons (Fsp3) is 0.111. The summed E-state index contributed by atoms with van der Waals surface area (Å²) in [6, 6.07) is 14.3. The number of anilines is 1. The molecule has 2 rings (SSSR count). The number of hydrogen-bond acceptors (Lipinski definition) is 5. The van der Waals surface area contributed by atoms with E-state index in [2.05, 4.69) is 5.32 Å². The molecule has 2 amide bonds. The lowest BCUT2D eigenvalue weighted by atomic mass is 9.93. The van der Waals surface area contributed by atoms with E-state index in [-0.39, 0.29) is 11.5 Å². The van der Waals surface area contributed by atoms with E-state index in [1.54, 1.807) is 42.5 Å². The van der Waals surface area contributed by atoms with E-state index < -0.39 is 23.5 Å². The summed E-state index contributed by atoms with van der Waals surface area (Å²) in [4.78, 5) is 48.1. The maximum Gasteiger partial charge on any atom is 0.292 e. The van der Waals surface area contributed by atoms with Gasteiger partial charge in [-0.05, 0) is 24.6 Å². The third-order valence-electron chi connectivity index (χ3n) is 3.55. The summed E-state index contributed by atoms with van der Waals surface area (Å²) in [6.07, 6.45) is 0. The number of nitrogens with two attached hydrogens (primary N) is 1. The van der Waals surface area contributed by atoms with Crippen molar-refractivity contribution < 1.29 is 19.2 Å². The number of rotatable bonds is 6. The van der Waals surface area contributed by atoms with Crippen LogP contribution in [-0.4, -0.2) is 23.4 Å². The molecule has 7 nitrogen and oxygen atoms in total. The van der Waals surface area contributed by atoms with Gasteiger partial charge < -0.3 is 5.32 Å². The molecule has 1 atom stereocenters. The summed E-state index contributed by atoms with van der Waals surface area (Å²) >= 11 is 0. The number of Topliss-reactive ketones (excluding diaryl/α,β-unsaturated/α-hetero) is 2. The number of amides is 2. The van der Waals surface area contributed by atoms with Crippen molar-refractivity contribution in [1.29, 1.82) is 0 Å². The Hall–Kier alpha value is -3.32. The first-order valence-corrected chi connectivity index (χ1v) is 7.45. The molecule has 4 N–H and O–H groups in total. The first-order chi connectivity index (χ1) is 11.9. The quantitative estimate of drug-likeness (QED) is 0.182. The van der Waals surface area contributed by atoms with E-state index >= 15 is 0 Å². The van der Waals surface area contributed by atoms with Crippen LogP contribution in [-0.2, 0) is 14.4 Å². The highest BCUT2D eigenvalue weighted by molar-refractivity contribution is 6.45. The van der Waals surface area contributed by atoms with Crippen molar-refractivity contribution in [3.8, 4) is 0 Å². The number of ketones is 2. The highest BCUT2D eigenvalue weighted by atomic mass is 16.2. The van der Waals surface area contributed by atoms with Crippen molar-refractivity contribution in [2.45, 2.75) is 12.8 Å². The Morgan fingerprint density at radius 3 is 2.24 bits per heavy atom. The van der Waals surface area contributed by atoms with Gasteiger partial charge in [0.2, 0.25) is 11.7 Å². The van der Waals surface area contributed by atoms with E-state index in [9.17, 15) is 19.2 Å². The molecule has 128 valence electrons. The molecule has 7 heteroatoms. The van der Waals surface area contributed by atoms with E-state index in [0.717, 1.165) is 0 Å². The predicted molar refractivity (Wildman–Crippen MR) is 91.6 cm³/mol. The third-order valence-corrected chi connectivity index (χ3v) is 3.55. The maximum atomic E-state index is 12.5. The Kier molecular flexibility index (Phi) is 5.75. The molecular weight excluding hydrogens is 322 g/mol. The van der Waals surface area contributed by atoms with Crippen LogP contribution in [0.3, 0.4) is 0 Å². The summed E-state index contributed by atoms with van der Waals surface area (Å²) in [5.74, 6) is 0.882. The van der Waals surface area contributed by atoms with Gasteiger partial charge in [0.1, 0.15) is 5.92 Å². The van der Waals surface area contributed by atoms with E-state index in [4.69, 9.17) is 5.84 Å². The normalized spacial score (nSPS) is 11.3. The predicted octanol–water partition coefficient (Wildman–Crippen LogP) is 1.17. The summed E-state index contributed by atoms with van der Waals surface area (Å²) in [7, 11) is 0. The minimum Gasteiger partial charge on any atom is -0.319 e. The average molecular weight is 339 g/mol. The second-order valence-electron chi connectivity index (χ2n) is 5.31. The van der Waals surface area contributed by atoms with Gasteiger partial charge in [-0.25, -0.2) is 5.84 Å². The minimum absolute atomic E-state index is 0.174. The van der Waals surface area contributed by atoms with Crippen molar-refractivity contribution in [3.05, 3.63) is 65.7 Å². The van der Waals surface area contributed by atoms with E-state index in [1.807, 2.05) is 5.43 Å². The lowest BCUT2D eigenvalue weighted by Gasteiger charge is -2.14. The topological polar surface area (TPSA) is 118 Å². The Bertz CT molecular complexity index is 818. The molecule has 0 saturated heterocycles. The highest BCUT2D eigenvalue weighted by Crippen LogP contribution is 2.18. The molecule has 0 aliphatic heterocycles. The van der Waals surface area contributed by atoms with E-state index in [1.165, 1.54) is 19.1 Å². The van der Waals surface area contributed by atoms with Crippen molar-refractivity contribution >= 4 is 29.1 Å². The van der Waals surface area contributed by atoms with Gasteiger partial charge in [-0.2, -0.15) is 0 Å². The number of carbonyl (C=O) groups excluding carboxylic acids is 4. The fourth-order valence-electron chi connectivity index (χ4n) is 2.29. The third kappa shape index (κ3) is 4.36. The zero-order valence-corrected chi connectivity index (χ0v) is 13.5. The molecule has 0 aliphatic carbocycles. The molecule has 0 unspecified atom stereocenters. The average Bonchev–Trinajstić information content (AvgIpc) is 2.62. The zero-order chi connectivity index (χ0) is 18.4. The van der Waals surface area contributed by atoms with Crippen molar-refractivity contribution in [2.24, 2.45) is 5.84 Å². The van der Waals surface area contributed by atoms with Crippen LogP contribution >= 0.6 is 0 Å². The molecule has 0 aliphatic rings. The molecule has 0 radical (unpaired) electrons. The molecule has 0 aromatic heterocycles. The Morgan fingerprint density at radius 2 is 1.64 bits per heavy atom. The summed E-state index contributed by atoms with van der Waals surface area (Å²) < 4.78 is 0. The summed E-state index contributed by atoms with van der Waals surface area (Å²) in [5.41, 5.74) is 2.93. The Morgan fingerprint density at radius 1 is 0.960 bits per heavy atom. The zero-order valence-electron chi connectivity index (χ0n) is 13.5. The molecule has 0 saturated carbocycles. The van der Waals surface area contributed by atoms with Gasteiger partial charge in [0.15, 0.2) is 5.78 Å². The van der Waals surface area contributed by atoms with Gasteiger partial charge in [0.05, 0.1) is 0 Å². The molecule has 0 bridgehead atoms. The van der Waals surface area contributed by atoms with Crippen molar-refractivity contribution in [3.63, 3.8) is 0 Å². The minimum atomic E-state index is -1.36. The molecule has 2 aromatic rings. The molecule has 2 aromatic carbocycles. The monoisotopic (exact) mass is 339 g/mol. The highest BCUT2D eigenvalue weighted by Gasteiger charge is 2.32. The van der Waals surface area contributed by atoms with Gasteiger partial charge >= 0.3 is 0 Å². The number of benzene rings is 2. The summed E-state index contributed by atoms with van der Waals surface area (Å²) in [5, 5.41) is 2.40. The number of carbonyl (C=O) groups is 4. The second-order valence-corrected chi connectivity index (χ2v) is 5.31. The van der Waals surface area contributed by atoms with Gasteiger partial charge in [-0.3, -0.25) is 24.6 Å². The Balaban J connectivity index is 2.24. The number of hydrazine groups is 1. The number of nitrogens with one attached hydrogen (secondary N) is 2. The number of hydrogen-bond donors (Lipinski definition) is 3. The molecule has 0 heterocycles. The van der Waals surface area contributed by atoms with Gasteiger partial charge in [0.25, 0.3) is 5.91 Å². The molecular formula is C18H17N3O4. The van der Waals surface area contributed by atoms with Gasteiger partial charge in [-0.15, -0.1) is 0 Å². The van der Waals surface area contributed by atoms with Crippen LogP contribution in [0.15, 0.2) is 54.6 Å². The molecule has 0 spiro atoms. The lowest BCUT2D eigenvalue weighted by Crippen LogP contribution is -2.41. The van der Waals surface area contributed by atoms with Crippen LogP contribution in [0.25, 0.3) is 0 Å². The maximum absolute atomic E-state index is 12.5. The largest absolute Gasteiger partial charge is 0.319 e. The van der Waals surface area contributed by atoms with Gasteiger partial charge in [0, 0.05) is 11.3 Å². The van der Waals surface area contributed by atoms with Crippen molar-refractivity contribution in [1.82, 2.24) is 5.43 Å².